The van der Waals surface area contributed by atoms with E-state index in [2.05, 4.69) is 18.7 Å². The van der Waals surface area contributed by atoms with Gasteiger partial charge in [0.2, 0.25) is 5.88 Å². The molecule has 0 aliphatic carbocycles. The topological polar surface area (TPSA) is 59.8 Å². The third-order valence-corrected chi connectivity index (χ3v) is 5.70. The molecule has 0 saturated heterocycles. The molecule has 0 radical (unpaired) electrons. The van der Waals surface area contributed by atoms with E-state index in [1.54, 1.807) is 7.11 Å². The van der Waals surface area contributed by atoms with Gasteiger partial charge < -0.3 is 14.6 Å². The van der Waals surface area contributed by atoms with Gasteiger partial charge in [0.15, 0.2) is 11.5 Å². The summed E-state index contributed by atoms with van der Waals surface area (Å²) in [5, 5.41) is 15.4. The van der Waals surface area contributed by atoms with Crippen LogP contribution in [0.3, 0.4) is 0 Å². The number of unbranched alkanes of at least 4 members (excludes halogenated alkanes) is 1. The summed E-state index contributed by atoms with van der Waals surface area (Å²) in [5.74, 6) is 1.98. The number of aromatic nitrogens is 2. The summed E-state index contributed by atoms with van der Waals surface area (Å²) in [7, 11) is 1.64. The number of para-hydroxylation sites is 3. The van der Waals surface area contributed by atoms with E-state index in [-0.39, 0.29) is 6.10 Å². The maximum atomic E-state index is 10.6. The lowest BCUT2D eigenvalue weighted by molar-refractivity contribution is 0.0990. The lowest BCUT2D eigenvalue weighted by Crippen LogP contribution is -2.33. The molecular formula is C27H37N3O3. The molecule has 33 heavy (non-hydrogen) atoms. The number of aliphatic hydroxyl groups is 1. The number of hydrogen-bond donors (Lipinski definition) is 1. The van der Waals surface area contributed by atoms with Crippen LogP contribution < -0.4 is 9.47 Å². The van der Waals surface area contributed by atoms with E-state index in [0.29, 0.717) is 30.5 Å². The van der Waals surface area contributed by atoms with E-state index in [1.165, 1.54) is 0 Å². The standard InChI is InChI=1S/C27H37N3O3/c1-5-7-15-23(31)19-29(18-6-2)20-24-21(3)28-30(22-13-9-8-10-14-22)27(24)33-26-17-12-11-16-25(26)32-4/h8-14,16-17,23,31H,5-7,15,18-20H2,1-4H3. The van der Waals surface area contributed by atoms with Crippen LogP contribution in [0.15, 0.2) is 54.6 Å². The van der Waals surface area contributed by atoms with Crippen molar-refractivity contribution in [1.82, 2.24) is 14.7 Å². The minimum Gasteiger partial charge on any atom is -0.493 e. The molecule has 178 valence electrons. The van der Waals surface area contributed by atoms with Crippen LogP contribution in [0.2, 0.25) is 0 Å². The number of nitrogens with zero attached hydrogens (tertiary/aromatic N) is 3. The Bertz CT molecular complexity index is 988. The molecule has 0 aliphatic rings. The van der Waals surface area contributed by atoms with Crippen molar-refractivity contribution in [3.8, 4) is 23.1 Å². The average molecular weight is 452 g/mol. The van der Waals surface area contributed by atoms with Gasteiger partial charge in [-0.2, -0.15) is 5.10 Å². The first-order chi connectivity index (χ1) is 16.1. The molecule has 1 aromatic heterocycles. The van der Waals surface area contributed by atoms with Gasteiger partial charge in [0.05, 0.1) is 30.2 Å². The minimum atomic E-state index is -0.334. The van der Waals surface area contributed by atoms with Crippen molar-refractivity contribution in [2.24, 2.45) is 0 Å². The zero-order chi connectivity index (χ0) is 23.6. The number of rotatable bonds is 13. The van der Waals surface area contributed by atoms with Gasteiger partial charge in [0.25, 0.3) is 0 Å². The average Bonchev–Trinajstić information content (AvgIpc) is 3.13. The molecule has 0 aliphatic heterocycles. The Labute approximate surface area is 197 Å². The van der Waals surface area contributed by atoms with Gasteiger partial charge in [0.1, 0.15) is 0 Å². The highest BCUT2D eigenvalue weighted by Gasteiger charge is 2.23. The largest absolute Gasteiger partial charge is 0.493 e. The number of methoxy groups -OCH3 is 1. The van der Waals surface area contributed by atoms with Gasteiger partial charge in [0, 0.05) is 13.1 Å². The van der Waals surface area contributed by atoms with Crippen LogP contribution >= 0.6 is 0 Å². The molecular weight excluding hydrogens is 414 g/mol. The summed E-state index contributed by atoms with van der Waals surface area (Å²) in [6, 6.07) is 17.7. The Hall–Kier alpha value is -2.83. The number of aryl methyl sites for hydroxylation is 1. The predicted molar refractivity (Wildman–Crippen MR) is 132 cm³/mol. The molecule has 0 fully saturated rings. The molecule has 0 spiro atoms. The van der Waals surface area contributed by atoms with Gasteiger partial charge in [-0.25, -0.2) is 4.68 Å². The van der Waals surface area contributed by atoms with Crippen LogP contribution in [0.4, 0.5) is 0 Å². The van der Waals surface area contributed by atoms with E-state index in [4.69, 9.17) is 14.6 Å². The molecule has 0 amide bonds. The smallest absolute Gasteiger partial charge is 0.227 e. The first kappa shape index (κ1) is 24.8. The highest BCUT2D eigenvalue weighted by molar-refractivity contribution is 5.47. The van der Waals surface area contributed by atoms with E-state index in [0.717, 1.165) is 49.2 Å². The molecule has 1 N–H and O–H groups in total. The summed E-state index contributed by atoms with van der Waals surface area (Å²) >= 11 is 0. The lowest BCUT2D eigenvalue weighted by Gasteiger charge is -2.25. The maximum absolute atomic E-state index is 10.6. The second kappa shape index (κ2) is 12.4. The fourth-order valence-corrected chi connectivity index (χ4v) is 3.98. The summed E-state index contributed by atoms with van der Waals surface area (Å²) in [6.45, 7) is 8.52. The number of ether oxygens (including phenoxy) is 2. The van der Waals surface area contributed by atoms with E-state index in [9.17, 15) is 5.11 Å². The molecule has 6 nitrogen and oxygen atoms in total. The van der Waals surface area contributed by atoms with E-state index < -0.39 is 0 Å². The SMILES string of the molecule is CCCCC(O)CN(CCC)Cc1c(C)nn(-c2ccccc2)c1Oc1ccccc1OC. The lowest BCUT2D eigenvalue weighted by atomic mass is 10.1. The minimum absolute atomic E-state index is 0.334. The van der Waals surface area contributed by atoms with Crippen molar-refractivity contribution in [3.63, 3.8) is 0 Å². The highest BCUT2D eigenvalue weighted by atomic mass is 16.5. The molecule has 0 bridgehead atoms. The van der Waals surface area contributed by atoms with Gasteiger partial charge in [-0.3, -0.25) is 4.90 Å². The monoisotopic (exact) mass is 451 g/mol. The molecule has 6 heteroatoms. The molecule has 0 saturated carbocycles. The van der Waals surface area contributed by atoms with Crippen molar-refractivity contribution in [3.05, 3.63) is 65.9 Å². The van der Waals surface area contributed by atoms with Crippen molar-refractivity contribution in [2.45, 2.75) is 59.1 Å². The second-order valence-electron chi connectivity index (χ2n) is 8.40. The molecule has 1 unspecified atom stereocenters. The Balaban J connectivity index is 1.98. The van der Waals surface area contributed by atoms with Crippen LogP contribution in [0, 0.1) is 6.92 Å². The van der Waals surface area contributed by atoms with Crippen molar-refractivity contribution >= 4 is 0 Å². The Morgan fingerprint density at radius 1 is 1.00 bits per heavy atom. The van der Waals surface area contributed by atoms with Gasteiger partial charge >= 0.3 is 0 Å². The Morgan fingerprint density at radius 2 is 1.70 bits per heavy atom. The van der Waals surface area contributed by atoms with Crippen molar-refractivity contribution < 1.29 is 14.6 Å². The summed E-state index contributed by atoms with van der Waals surface area (Å²) < 4.78 is 13.9. The first-order valence-electron chi connectivity index (χ1n) is 11.9. The molecule has 3 rings (SSSR count). The van der Waals surface area contributed by atoms with Crippen LogP contribution in [0.5, 0.6) is 17.4 Å². The molecule has 1 atom stereocenters. The Kier molecular flexibility index (Phi) is 9.34. The fraction of sp³-hybridized carbons (Fsp3) is 0.444. The van der Waals surface area contributed by atoms with Gasteiger partial charge in [-0.15, -0.1) is 0 Å². The van der Waals surface area contributed by atoms with Gasteiger partial charge in [-0.1, -0.05) is 57.0 Å². The number of aliphatic hydroxyl groups excluding tert-OH is 1. The molecule has 2 aromatic carbocycles. The molecule has 1 heterocycles. The first-order valence-corrected chi connectivity index (χ1v) is 11.9. The maximum Gasteiger partial charge on any atom is 0.227 e. The third-order valence-electron chi connectivity index (χ3n) is 5.70. The van der Waals surface area contributed by atoms with Crippen molar-refractivity contribution in [2.75, 3.05) is 20.2 Å². The van der Waals surface area contributed by atoms with E-state index >= 15 is 0 Å². The number of benzene rings is 2. The summed E-state index contributed by atoms with van der Waals surface area (Å²) in [5.41, 5.74) is 2.86. The molecule has 3 aromatic rings. The quantitative estimate of drug-likeness (QED) is 0.359. The second-order valence-corrected chi connectivity index (χ2v) is 8.40. The zero-order valence-electron chi connectivity index (χ0n) is 20.3. The highest BCUT2D eigenvalue weighted by Crippen LogP contribution is 2.36. The van der Waals surface area contributed by atoms with Crippen LogP contribution in [-0.2, 0) is 6.54 Å². The predicted octanol–water partition coefficient (Wildman–Crippen LogP) is 5.74. The number of hydrogen-bond acceptors (Lipinski definition) is 5. The third kappa shape index (κ3) is 6.59. The normalized spacial score (nSPS) is 12.2. The van der Waals surface area contributed by atoms with Crippen LogP contribution in [0.1, 0.15) is 50.8 Å². The van der Waals surface area contributed by atoms with Crippen LogP contribution in [-0.4, -0.2) is 46.1 Å². The summed E-state index contributed by atoms with van der Waals surface area (Å²) in [6.07, 6.45) is 3.62. The Morgan fingerprint density at radius 3 is 2.36 bits per heavy atom. The fourth-order valence-electron chi connectivity index (χ4n) is 3.98. The van der Waals surface area contributed by atoms with Gasteiger partial charge in [-0.05, 0) is 50.6 Å². The zero-order valence-corrected chi connectivity index (χ0v) is 20.3. The van der Waals surface area contributed by atoms with Crippen molar-refractivity contribution in [1.29, 1.82) is 0 Å². The van der Waals surface area contributed by atoms with Crippen LogP contribution in [0.25, 0.3) is 5.69 Å². The van der Waals surface area contributed by atoms with E-state index in [1.807, 2.05) is 66.2 Å². The summed E-state index contributed by atoms with van der Waals surface area (Å²) in [4.78, 5) is 2.30.